The molecular formula is C15H13IN2O2. The Morgan fingerprint density at radius 3 is 2.15 bits per heavy atom. The zero-order valence-electron chi connectivity index (χ0n) is 10.5. The Bertz CT molecular complexity index is 612. The van der Waals surface area contributed by atoms with E-state index in [-0.39, 0.29) is 5.91 Å². The number of primary amides is 1. The molecule has 0 aliphatic carbocycles. The van der Waals surface area contributed by atoms with Gasteiger partial charge < -0.3 is 11.1 Å². The number of hydrogen-bond donors (Lipinski definition) is 2. The molecule has 4 nitrogen and oxygen atoms in total. The van der Waals surface area contributed by atoms with Crippen LogP contribution in [0.25, 0.3) is 0 Å². The van der Waals surface area contributed by atoms with Gasteiger partial charge in [0.15, 0.2) is 0 Å². The third-order valence-electron chi connectivity index (χ3n) is 2.80. The predicted octanol–water partition coefficient (Wildman–Crippen LogP) is 2.25. The van der Waals surface area contributed by atoms with Gasteiger partial charge in [-0.05, 0) is 52.4 Å². The molecule has 0 fully saturated rings. The van der Waals surface area contributed by atoms with E-state index in [0.717, 1.165) is 3.57 Å². The van der Waals surface area contributed by atoms with E-state index in [4.69, 9.17) is 5.73 Å². The van der Waals surface area contributed by atoms with Crippen molar-refractivity contribution >= 4 is 34.4 Å². The molecule has 0 aliphatic heterocycles. The summed E-state index contributed by atoms with van der Waals surface area (Å²) < 4.78 is 1.04. The Kier molecular flexibility index (Phi) is 4.73. The van der Waals surface area contributed by atoms with E-state index >= 15 is 0 Å². The monoisotopic (exact) mass is 380 g/mol. The summed E-state index contributed by atoms with van der Waals surface area (Å²) in [6.45, 7) is 0. The lowest BCUT2D eigenvalue weighted by atomic mass is 10.1. The van der Waals surface area contributed by atoms with Gasteiger partial charge in [-0.1, -0.05) is 30.3 Å². The molecule has 0 saturated heterocycles. The number of amides is 2. The van der Waals surface area contributed by atoms with Crippen LogP contribution in [0.4, 0.5) is 0 Å². The fourth-order valence-electron chi connectivity index (χ4n) is 1.78. The van der Waals surface area contributed by atoms with Crippen LogP contribution in [-0.2, 0) is 4.79 Å². The van der Waals surface area contributed by atoms with Gasteiger partial charge in [0.05, 0.1) is 0 Å². The summed E-state index contributed by atoms with van der Waals surface area (Å²) in [5.41, 5.74) is 6.52. The van der Waals surface area contributed by atoms with Gasteiger partial charge in [-0.15, -0.1) is 0 Å². The van der Waals surface area contributed by atoms with Crippen LogP contribution in [0.15, 0.2) is 54.6 Å². The molecule has 0 bridgehead atoms. The first-order valence-corrected chi connectivity index (χ1v) is 7.06. The third-order valence-corrected chi connectivity index (χ3v) is 3.52. The Morgan fingerprint density at radius 2 is 1.60 bits per heavy atom. The minimum atomic E-state index is -0.831. The lowest BCUT2D eigenvalue weighted by Gasteiger charge is -2.15. The Balaban J connectivity index is 2.19. The highest BCUT2D eigenvalue weighted by Gasteiger charge is 2.20. The lowest BCUT2D eigenvalue weighted by Crippen LogP contribution is -2.37. The van der Waals surface area contributed by atoms with Crippen LogP contribution in [0.2, 0.25) is 0 Å². The molecule has 2 amide bonds. The molecule has 0 saturated carbocycles. The molecule has 2 aromatic rings. The first-order chi connectivity index (χ1) is 9.58. The van der Waals surface area contributed by atoms with Gasteiger partial charge in [0.1, 0.15) is 6.04 Å². The molecule has 0 spiro atoms. The first-order valence-electron chi connectivity index (χ1n) is 5.98. The highest BCUT2D eigenvalue weighted by molar-refractivity contribution is 14.1. The maximum Gasteiger partial charge on any atom is 0.252 e. The van der Waals surface area contributed by atoms with Crippen molar-refractivity contribution in [3.63, 3.8) is 0 Å². The number of nitrogens with one attached hydrogen (secondary N) is 1. The number of halogens is 1. The van der Waals surface area contributed by atoms with Gasteiger partial charge in [-0.2, -0.15) is 0 Å². The lowest BCUT2D eigenvalue weighted by molar-refractivity contribution is -0.120. The van der Waals surface area contributed by atoms with Crippen molar-refractivity contribution in [2.24, 2.45) is 5.73 Å². The second-order valence-corrected chi connectivity index (χ2v) is 5.47. The average molecular weight is 380 g/mol. The maximum atomic E-state index is 12.1. The summed E-state index contributed by atoms with van der Waals surface area (Å²) in [7, 11) is 0. The zero-order chi connectivity index (χ0) is 14.5. The van der Waals surface area contributed by atoms with Crippen molar-refractivity contribution < 1.29 is 9.59 Å². The van der Waals surface area contributed by atoms with Crippen molar-refractivity contribution in [1.29, 1.82) is 0 Å². The van der Waals surface area contributed by atoms with E-state index in [1.165, 1.54) is 0 Å². The predicted molar refractivity (Wildman–Crippen MR) is 85.0 cm³/mol. The Morgan fingerprint density at radius 1 is 1.00 bits per heavy atom. The molecule has 2 aromatic carbocycles. The van der Waals surface area contributed by atoms with E-state index in [9.17, 15) is 9.59 Å². The van der Waals surface area contributed by atoms with Gasteiger partial charge in [0.2, 0.25) is 5.91 Å². The van der Waals surface area contributed by atoms with Gasteiger partial charge >= 0.3 is 0 Å². The van der Waals surface area contributed by atoms with E-state index in [1.807, 2.05) is 18.2 Å². The molecule has 20 heavy (non-hydrogen) atoms. The van der Waals surface area contributed by atoms with Gasteiger partial charge in [-0.25, -0.2) is 0 Å². The van der Waals surface area contributed by atoms with Crippen LogP contribution in [0, 0.1) is 3.57 Å². The van der Waals surface area contributed by atoms with Crippen LogP contribution in [0.5, 0.6) is 0 Å². The van der Waals surface area contributed by atoms with E-state index < -0.39 is 11.9 Å². The number of carbonyl (C=O) groups is 2. The standard InChI is InChI=1S/C15H13IN2O2/c16-12-8-6-11(7-9-12)15(20)18-13(14(17)19)10-4-2-1-3-5-10/h1-9,13H,(H2,17,19)(H,18,20). The molecular weight excluding hydrogens is 367 g/mol. The highest BCUT2D eigenvalue weighted by Crippen LogP contribution is 2.13. The van der Waals surface area contributed by atoms with Crippen LogP contribution < -0.4 is 11.1 Å². The second-order valence-electron chi connectivity index (χ2n) is 4.23. The molecule has 0 heterocycles. The number of hydrogen-bond acceptors (Lipinski definition) is 2. The number of nitrogens with two attached hydrogens (primary N) is 1. The molecule has 1 unspecified atom stereocenters. The van der Waals surface area contributed by atoms with E-state index in [2.05, 4.69) is 27.9 Å². The minimum absolute atomic E-state index is 0.325. The molecule has 0 aromatic heterocycles. The average Bonchev–Trinajstić information content (AvgIpc) is 2.46. The number of rotatable bonds is 4. The van der Waals surface area contributed by atoms with Gasteiger partial charge in [0.25, 0.3) is 5.91 Å². The molecule has 1 atom stereocenters. The van der Waals surface area contributed by atoms with Crippen molar-refractivity contribution in [3.8, 4) is 0 Å². The molecule has 0 aliphatic rings. The summed E-state index contributed by atoms with van der Waals surface area (Å²) in [6.07, 6.45) is 0. The van der Waals surface area contributed by atoms with Crippen molar-refractivity contribution in [3.05, 3.63) is 69.3 Å². The van der Waals surface area contributed by atoms with E-state index in [0.29, 0.717) is 11.1 Å². The fourth-order valence-corrected chi connectivity index (χ4v) is 2.14. The van der Waals surface area contributed by atoms with E-state index in [1.54, 1.807) is 36.4 Å². The largest absolute Gasteiger partial charge is 0.368 e. The molecule has 102 valence electrons. The summed E-state index contributed by atoms with van der Waals surface area (Å²) in [4.78, 5) is 23.6. The van der Waals surface area contributed by atoms with Gasteiger partial charge in [-0.3, -0.25) is 9.59 Å². The molecule has 2 rings (SSSR count). The zero-order valence-corrected chi connectivity index (χ0v) is 12.7. The van der Waals surface area contributed by atoms with Crippen LogP contribution in [0.3, 0.4) is 0 Å². The van der Waals surface area contributed by atoms with Crippen LogP contribution in [0.1, 0.15) is 22.0 Å². The van der Waals surface area contributed by atoms with Crippen LogP contribution in [-0.4, -0.2) is 11.8 Å². The normalized spacial score (nSPS) is 11.7. The second kappa shape index (κ2) is 6.51. The Labute approximate surface area is 130 Å². The summed E-state index contributed by atoms with van der Waals surface area (Å²) in [5.74, 6) is -0.913. The minimum Gasteiger partial charge on any atom is -0.368 e. The van der Waals surface area contributed by atoms with Crippen molar-refractivity contribution in [1.82, 2.24) is 5.32 Å². The third kappa shape index (κ3) is 3.57. The van der Waals surface area contributed by atoms with Crippen molar-refractivity contribution in [2.75, 3.05) is 0 Å². The summed E-state index contributed by atoms with van der Waals surface area (Å²) >= 11 is 2.16. The topological polar surface area (TPSA) is 72.2 Å². The quantitative estimate of drug-likeness (QED) is 0.799. The summed E-state index contributed by atoms with van der Waals surface area (Å²) in [6, 6.07) is 15.2. The smallest absolute Gasteiger partial charge is 0.252 e. The number of carbonyl (C=O) groups excluding carboxylic acids is 2. The fraction of sp³-hybridized carbons (Fsp3) is 0.0667. The molecule has 5 heteroatoms. The first kappa shape index (κ1) is 14.5. The Hall–Kier alpha value is -1.89. The van der Waals surface area contributed by atoms with Crippen molar-refractivity contribution in [2.45, 2.75) is 6.04 Å². The van der Waals surface area contributed by atoms with Gasteiger partial charge in [0, 0.05) is 9.13 Å². The highest BCUT2D eigenvalue weighted by atomic mass is 127. The number of benzene rings is 2. The van der Waals surface area contributed by atoms with Crippen LogP contribution >= 0.6 is 22.6 Å². The summed E-state index contributed by atoms with van der Waals surface area (Å²) in [5, 5.41) is 2.65. The SMILES string of the molecule is NC(=O)C(NC(=O)c1ccc(I)cc1)c1ccccc1. The molecule has 3 N–H and O–H groups in total. The molecule has 0 radical (unpaired) electrons. The maximum absolute atomic E-state index is 12.1.